The van der Waals surface area contributed by atoms with Crippen LogP contribution in [0.25, 0.3) is 0 Å². The van der Waals surface area contributed by atoms with E-state index in [9.17, 15) is 9.59 Å². The lowest BCUT2D eigenvalue weighted by Gasteiger charge is -2.42. The topological polar surface area (TPSA) is 66.6 Å². The fourth-order valence-corrected chi connectivity index (χ4v) is 2.03. The third kappa shape index (κ3) is 3.10. The minimum Gasteiger partial charge on any atom is -0.368 e. The van der Waals surface area contributed by atoms with Crippen LogP contribution >= 0.6 is 11.6 Å². The van der Waals surface area contributed by atoms with Gasteiger partial charge in [-0.1, -0.05) is 0 Å². The van der Waals surface area contributed by atoms with E-state index in [-0.39, 0.29) is 11.8 Å². The quantitative estimate of drug-likeness (QED) is 0.729. The highest BCUT2D eigenvalue weighted by atomic mass is 35.5. The summed E-state index contributed by atoms with van der Waals surface area (Å²) in [7, 11) is 0. The molecular weight excluding hydrogens is 242 g/mol. The second kappa shape index (κ2) is 5.23. The summed E-state index contributed by atoms with van der Waals surface area (Å²) in [5.74, 6) is -0.397. The van der Waals surface area contributed by atoms with Crippen LogP contribution in [0.5, 0.6) is 0 Å². The van der Waals surface area contributed by atoms with Gasteiger partial charge in [0, 0.05) is 26.2 Å². The van der Waals surface area contributed by atoms with E-state index in [1.165, 1.54) is 0 Å². The van der Waals surface area contributed by atoms with Crippen molar-refractivity contribution in [2.75, 3.05) is 26.2 Å². The predicted molar refractivity (Wildman–Crippen MR) is 66.7 cm³/mol. The molecule has 17 heavy (non-hydrogen) atoms. The van der Waals surface area contributed by atoms with Crippen molar-refractivity contribution in [2.24, 2.45) is 5.73 Å². The van der Waals surface area contributed by atoms with E-state index in [4.69, 9.17) is 17.3 Å². The fourth-order valence-electron chi connectivity index (χ4n) is 1.89. The summed E-state index contributed by atoms with van der Waals surface area (Å²) < 4.78 is 0. The van der Waals surface area contributed by atoms with E-state index in [0.29, 0.717) is 26.2 Å². The molecule has 1 unspecified atom stereocenters. The van der Waals surface area contributed by atoms with Crippen LogP contribution in [0, 0.1) is 0 Å². The highest BCUT2D eigenvalue weighted by Crippen LogP contribution is 2.17. The normalized spacial score (nSPS) is 20.1. The average Bonchev–Trinajstić information content (AvgIpc) is 2.27. The third-order valence-corrected chi connectivity index (χ3v) is 3.51. The summed E-state index contributed by atoms with van der Waals surface area (Å²) >= 11 is 5.76. The minimum absolute atomic E-state index is 0.0526. The first-order valence-corrected chi connectivity index (χ1v) is 6.18. The summed E-state index contributed by atoms with van der Waals surface area (Å²) in [5.41, 5.74) is 4.70. The molecule has 0 saturated carbocycles. The van der Waals surface area contributed by atoms with Gasteiger partial charge < -0.3 is 10.6 Å². The summed E-state index contributed by atoms with van der Waals surface area (Å²) in [6.07, 6.45) is 0. The lowest BCUT2D eigenvalue weighted by atomic mass is 10.0. The molecule has 5 nitrogen and oxygen atoms in total. The maximum atomic E-state index is 11.7. The first-order chi connectivity index (χ1) is 7.76. The Bertz CT molecular complexity index is 310. The zero-order valence-electron chi connectivity index (χ0n) is 10.6. The second-order valence-corrected chi connectivity index (χ2v) is 5.51. The lowest BCUT2D eigenvalue weighted by molar-refractivity contribution is -0.135. The number of carbonyl (C=O) groups excluding carboxylic acids is 2. The van der Waals surface area contributed by atoms with Crippen LogP contribution in [0.3, 0.4) is 0 Å². The second-order valence-electron chi connectivity index (χ2n) is 4.85. The average molecular weight is 262 g/mol. The molecule has 2 N–H and O–H groups in total. The smallest absolute Gasteiger partial charge is 0.240 e. The summed E-state index contributed by atoms with van der Waals surface area (Å²) in [5, 5.41) is -0.495. The van der Waals surface area contributed by atoms with E-state index in [0.717, 1.165) is 0 Å². The van der Waals surface area contributed by atoms with Crippen LogP contribution in [-0.2, 0) is 9.59 Å². The number of nitrogens with zero attached hydrogens (tertiary/aromatic N) is 2. The van der Waals surface area contributed by atoms with Crippen LogP contribution in [0.2, 0.25) is 0 Å². The van der Waals surface area contributed by atoms with E-state index in [2.05, 4.69) is 0 Å². The van der Waals surface area contributed by atoms with E-state index in [1.54, 1.807) is 25.7 Å². The third-order valence-electron chi connectivity index (χ3n) is 3.33. The maximum Gasteiger partial charge on any atom is 0.240 e. The molecule has 0 aromatic heterocycles. The molecule has 1 fully saturated rings. The fraction of sp³-hybridized carbons (Fsp3) is 0.818. The number of rotatable bonds is 3. The van der Waals surface area contributed by atoms with Gasteiger partial charge in [0.25, 0.3) is 0 Å². The lowest BCUT2D eigenvalue weighted by Crippen LogP contribution is -2.60. The van der Waals surface area contributed by atoms with Gasteiger partial charge in [-0.25, -0.2) is 0 Å². The van der Waals surface area contributed by atoms with Gasteiger partial charge >= 0.3 is 0 Å². The molecule has 0 bridgehead atoms. The van der Waals surface area contributed by atoms with E-state index < -0.39 is 10.9 Å². The molecule has 0 radical (unpaired) electrons. The molecule has 1 heterocycles. The molecular formula is C11H20ClN3O2. The number of nitrogens with two attached hydrogens (primary N) is 1. The number of hydrogen-bond acceptors (Lipinski definition) is 3. The van der Waals surface area contributed by atoms with Crippen LogP contribution < -0.4 is 5.73 Å². The van der Waals surface area contributed by atoms with Crippen molar-refractivity contribution in [1.82, 2.24) is 9.80 Å². The Morgan fingerprint density at radius 1 is 1.24 bits per heavy atom. The van der Waals surface area contributed by atoms with Crippen molar-refractivity contribution in [3.8, 4) is 0 Å². The first kappa shape index (κ1) is 14.3. The van der Waals surface area contributed by atoms with Crippen molar-refractivity contribution < 1.29 is 9.59 Å². The molecule has 98 valence electrons. The largest absolute Gasteiger partial charge is 0.368 e. The number of halogens is 1. The molecule has 1 atom stereocenters. The van der Waals surface area contributed by atoms with Gasteiger partial charge in [0.1, 0.15) is 5.38 Å². The minimum atomic E-state index is -0.665. The first-order valence-electron chi connectivity index (χ1n) is 5.74. The Morgan fingerprint density at radius 3 is 2.06 bits per heavy atom. The summed E-state index contributed by atoms with van der Waals surface area (Å²) in [6.45, 7) is 7.74. The number of piperazine rings is 1. The Kier molecular flexibility index (Phi) is 4.38. The molecule has 2 amide bonds. The van der Waals surface area contributed by atoms with Gasteiger partial charge in [-0.2, -0.15) is 0 Å². The summed E-state index contributed by atoms with van der Waals surface area (Å²) in [6, 6.07) is 0. The zero-order valence-corrected chi connectivity index (χ0v) is 11.3. The Morgan fingerprint density at radius 2 is 1.71 bits per heavy atom. The molecule has 0 spiro atoms. The number of amides is 2. The standard InChI is InChI=1S/C11H20ClN3O2/c1-8(12)9(16)14-4-6-15(7-5-14)11(2,3)10(13)17/h8H,4-7H2,1-3H3,(H2,13,17). The van der Waals surface area contributed by atoms with Gasteiger partial charge in [-0.15, -0.1) is 11.6 Å². The maximum absolute atomic E-state index is 11.7. The molecule has 1 aliphatic heterocycles. The van der Waals surface area contributed by atoms with Crippen LogP contribution in [0.1, 0.15) is 20.8 Å². The predicted octanol–water partition coefficient (Wildman–Crippen LogP) is 0.0218. The molecule has 1 aliphatic rings. The van der Waals surface area contributed by atoms with Crippen molar-refractivity contribution >= 4 is 23.4 Å². The van der Waals surface area contributed by atoms with Gasteiger partial charge in [-0.05, 0) is 20.8 Å². The number of alkyl halides is 1. The van der Waals surface area contributed by atoms with Crippen molar-refractivity contribution in [1.29, 1.82) is 0 Å². The Hall–Kier alpha value is -0.810. The number of primary amides is 1. The number of hydrogen-bond donors (Lipinski definition) is 1. The van der Waals surface area contributed by atoms with Crippen molar-refractivity contribution in [2.45, 2.75) is 31.7 Å². The Balaban J connectivity index is 2.57. The van der Waals surface area contributed by atoms with Gasteiger partial charge in [-0.3, -0.25) is 14.5 Å². The van der Waals surface area contributed by atoms with Crippen LogP contribution in [0.4, 0.5) is 0 Å². The van der Waals surface area contributed by atoms with Crippen LogP contribution in [0.15, 0.2) is 0 Å². The number of carbonyl (C=O) groups is 2. The molecule has 6 heteroatoms. The Labute approximate surface area is 107 Å². The highest BCUT2D eigenvalue weighted by molar-refractivity contribution is 6.30. The van der Waals surface area contributed by atoms with Crippen molar-refractivity contribution in [3.05, 3.63) is 0 Å². The van der Waals surface area contributed by atoms with Gasteiger partial charge in [0.05, 0.1) is 5.54 Å². The summed E-state index contributed by atoms with van der Waals surface area (Å²) in [4.78, 5) is 26.7. The van der Waals surface area contributed by atoms with E-state index in [1.807, 2.05) is 4.90 Å². The van der Waals surface area contributed by atoms with Gasteiger partial charge in [0.15, 0.2) is 0 Å². The monoisotopic (exact) mass is 261 g/mol. The molecule has 1 saturated heterocycles. The SMILES string of the molecule is CC(Cl)C(=O)N1CCN(C(C)(C)C(N)=O)CC1. The van der Waals surface area contributed by atoms with Gasteiger partial charge in [0.2, 0.25) is 11.8 Å². The molecule has 1 rings (SSSR count). The molecule has 0 aliphatic carbocycles. The van der Waals surface area contributed by atoms with Crippen molar-refractivity contribution in [3.63, 3.8) is 0 Å². The molecule has 0 aromatic carbocycles. The zero-order chi connectivity index (χ0) is 13.2. The van der Waals surface area contributed by atoms with E-state index >= 15 is 0 Å². The highest BCUT2D eigenvalue weighted by Gasteiger charge is 2.35. The van der Waals surface area contributed by atoms with Crippen LogP contribution in [-0.4, -0.2) is 58.7 Å². The molecule has 0 aromatic rings.